The molecule has 1 saturated carbocycles. The zero-order valence-electron chi connectivity index (χ0n) is 14.6. The lowest BCUT2D eigenvalue weighted by Gasteiger charge is -2.24. The van der Waals surface area contributed by atoms with Crippen LogP contribution in [0.3, 0.4) is 0 Å². The Balaban J connectivity index is 1.68. The smallest absolute Gasteiger partial charge is 0.221 e. The van der Waals surface area contributed by atoms with Crippen molar-refractivity contribution < 1.29 is 4.79 Å². The minimum Gasteiger partial charge on any atom is -0.353 e. The molecule has 0 aliphatic heterocycles. The number of hydrogen-bond donors (Lipinski definition) is 1. The number of nitrogens with one attached hydrogen (secondary N) is 1. The number of rotatable bonds is 7. The highest BCUT2D eigenvalue weighted by Crippen LogP contribution is 2.17. The van der Waals surface area contributed by atoms with Crippen LogP contribution >= 0.6 is 0 Å². The Labute approximate surface area is 140 Å². The van der Waals surface area contributed by atoms with Gasteiger partial charge < -0.3 is 10.2 Å². The molecule has 1 aromatic rings. The fourth-order valence-electron chi connectivity index (χ4n) is 3.20. The van der Waals surface area contributed by atoms with E-state index in [0.717, 1.165) is 31.5 Å². The topological polar surface area (TPSA) is 45.2 Å². The van der Waals surface area contributed by atoms with Crippen molar-refractivity contribution in [2.24, 2.45) is 0 Å². The Morgan fingerprint density at radius 3 is 2.70 bits per heavy atom. The average Bonchev–Trinajstić information content (AvgIpc) is 2.82. The first-order valence-corrected chi connectivity index (χ1v) is 9.04. The molecular formula is C19H31N3O. The van der Waals surface area contributed by atoms with Crippen molar-refractivity contribution >= 4 is 5.91 Å². The highest BCUT2D eigenvalue weighted by molar-refractivity contribution is 5.76. The van der Waals surface area contributed by atoms with Gasteiger partial charge in [-0.2, -0.15) is 0 Å². The highest BCUT2D eigenvalue weighted by Gasteiger charge is 2.16. The third kappa shape index (κ3) is 6.69. The molecule has 1 amide bonds. The van der Waals surface area contributed by atoms with Gasteiger partial charge in [-0.3, -0.25) is 9.78 Å². The molecule has 23 heavy (non-hydrogen) atoms. The maximum atomic E-state index is 12.2. The zero-order chi connectivity index (χ0) is 16.5. The van der Waals surface area contributed by atoms with Gasteiger partial charge in [-0.1, -0.05) is 31.7 Å². The second kappa shape index (κ2) is 9.66. The fourth-order valence-corrected chi connectivity index (χ4v) is 3.20. The number of aromatic nitrogens is 1. The van der Waals surface area contributed by atoms with Gasteiger partial charge in [0.2, 0.25) is 5.91 Å². The van der Waals surface area contributed by atoms with E-state index in [4.69, 9.17) is 0 Å². The summed E-state index contributed by atoms with van der Waals surface area (Å²) in [6.07, 6.45) is 10.8. The third-order valence-electron chi connectivity index (χ3n) is 4.89. The molecule has 1 aromatic heterocycles. The summed E-state index contributed by atoms with van der Waals surface area (Å²) in [6, 6.07) is 6.81. The predicted octanol–water partition coefficient (Wildman–Crippen LogP) is 3.17. The van der Waals surface area contributed by atoms with Gasteiger partial charge in [-0.05, 0) is 38.9 Å². The van der Waals surface area contributed by atoms with Crippen LogP contribution in [0.15, 0.2) is 24.4 Å². The summed E-state index contributed by atoms with van der Waals surface area (Å²) in [4.78, 5) is 18.8. The van der Waals surface area contributed by atoms with E-state index in [1.807, 2.05) is 18.3 Å². The molecule has 0 unspecified atom stereocenters. The Hall–Kier alpha value is -1.42. The molecule has 4 nitrogen and oxygen atoms in total. The Morgan fingerprint density at radius 1 is 1.30 bits per heavy atom. The van der Waals surface area contributed by atoms with Crippen LogP contribution in [0.4, 0.5) is 0 Å². The number of pyridine rings is 1. The van der Waals surface area contributed by atoms with Crippen LogP contribution in [-0.2, 0) is 11.2 Å². The van der Waals surface area contributed by atoms with Gasteiger partial charge in [-0.15, -0.1) is 0 Å². The fraction of sp³-hybridized carbons (Fsp3) is 0.684. The largest absolute Gasteiger partial charge is 0.353 e. The summed E-state index contributed by atoms with van der Waals surface area (Å²) >= 11 is 0. The number of carbonyl (C=O) groups excluding carboxylic acids is 1. The lowest BCUT2D eigenvalue weighted by Crippen LogP contribution is -2.38. The van der Waals surface area contributed by atoms with Crippen molar-refractivity contribution in [2.75, 3.05) is 13.6 Å². The van der Waals surface area contributed by atoms with Crippen molar-refractivity contribution in [1.82, 2.24) is 15.2 Å². The van der Waals surface area contributed by atoms with Gasteiger partial charge in [0.1, 0.15) is 0 Å². The maximum Gasteiger partial charge on any atom is 0.221 e. The number of amides is 1. The first-order valence-electron chi connectivity index (χ1n) is 9.04. The summed E-state index contributed by atoms with van der Waals surface area (Å²) in [6.45, 7) is 2.99. The molecule has 1 heterocycles. The average molecular weight is 317 g/mol. The van der Waals surface area contributed by atoms with Crippen molar-refractivity contribution in [1.29, 1.82) is 0 Å². The van der Waals surface area contributed by atoms with E-state index in [2.05, 4.69) is 35.2 Å². The standard InChI is InChI=1S/C19H31N3O/c1-16(15-18-11-7-8-13-20-18)22(2)14-12-19(23)21-17-9-5-3-4-6-10-17/h7-8,11,13,16-17H,3-6,9-10,12,14-15H2,1-2H3,(H,21,23)/t16-/m1/s1. The molecule has 0 aromatic carbocycles. The normalized spacial score (nSPS) is 17.7. The Kier molecular flexibility index (Phi) is 7.53. The van der Waals surface area contributed by atoms with Crippen molar-refractivity contribution in [2.45, 2.75) is 70.4 Å². The lowest BCUT2D eigenvalue weighted by atomic mass is 10.1. The molecule has 0 bridgehead atoms. The molecular weight excluding hydrogens is 286 g/mol. The molecule has 1 N–H and O–H groups in total. The van der Waals surface area contributed by atoms with Gasteiger partial charge in [0.25, 0.3) is 0 Å². The molecule has 0 spiro atoms. The number of hydrogen-bond acceptors (Lipinski definition) is 3. The second-order valence-corrected chi connectivity index (χ2v) is 6.86. The molecule has 0 radical (unpaired) electrons. The first-order chi connectivity index (χ1) is 11.1. The zero-order valence-corrected chi connectivity index (χ0v) is 14.6. The molecule has 4 heteroatoms. The van der Waals surface area contributed by atoms with E-state index in [1.54, 1.807) is 0 Å². The quantitative estimate of drug-likeness (QED) is 0.786. The molecule has 1 aliphatic rings. The third-order valence-corrected chi connectivity index (χ3v) is 4.89. The molecule has 2 rings (SSSR count). The van der Waals surface area contributed by atoms with Crippen LogP contribution in [0.2, 0.25) is 0 Å². The van der Waals surface area contributed by atoms with Gasteiger partial charge in [0, 0.05) is 43.4 Å². The molecule has 1 atom stereocenters. The van der Waals surface area contributed by atoms with Crippen LogP contribution < -0.4 is 5.32 Å². The summed E-state index contributed by atoms with van der Waals surface area (Å²) < 4.78 is 0. The number of nitrogens with zero attached hydrogens (tertiary/aromatic N) is 2. The van der Waals surface area contributed by atoms with E-state index < -0.39 is 0 Å². The van der Waals surface area contributed by atoms with E-state index in [1.165, 1.54) is 25.7 Å². The van der Waals surface area contributed by atoms with Crippen LogP contribution in [-0.4, -0.2) is 41.5 Å². The Bertz CT molecular complexity index is 455. The minimum atomic E-state index is 0.203. The van der Waals surface area contributed by atoms with Gasteiger partial charge in [-0.25, -0.2) is 0 Å². The lowest BCUT2D eigenvalue weighted by molar-refractivity contribution is -0.122. The monoisotopic (exact) mass is 317 g/mol. The summed E-state index contributed by atoms with van der Waals surface area (Å²) in [5.74, 6) is 0.203. The second-order valence-electron chi connectivity index (χ2n) is 6.86. The predicted molar refractivity (Wildman–Crippen MR) is 94.3 cm³/mol. The molecule has 1 aliphatic carbocycles. The summed E-state index contributed by atoms with van der Waals surface area (Å²) in [5.41, 5.74) is 1.11. The number of likely N-dealkylation sites (N-methyl/N-ethyl adjacent to an activating group) is 1. The number of carbonyl (C=O) groups is 1. The molecule has 0 saturated heterocycles. The minimum absolute atomic E-state index is 0.203. The van der Waals surface area contributed by atoms with Gasteiger partial charge in [0.05, 0.1) is 0 Å². The molecule has 1 fully saturated rings. The SMILES string of the molecule is C[C@H](Cc1ccccn1)N(C)CCC(=O)NC1CCCCCC1. The first kappa shape index (κ1) is 17.9. The van der Waals surface area contributed by atoms with Gasteiger partial charge >= 0.3 is 0 Å². The van der Waals surface area contributed by atoms with Crippen LogP contribution in [0.1, 0.15) is 57.6 Å². The van der Waals surface area contributed by atoms with Crippen molar-refractivity contribution in [3.05, 3.63) is 30.1 Å². The Morgan fingerprint density at radius 2 is 2.04 bits per heavy atom. The van der Waals surface area contributed by atoms with Crippen LogP contribution in [0.5, 0.6) is 0 Å². The highest BCUT2D eigenvalue weighted by atomic mass is 16.1. The van der Waals surface area contributed by atoms with E-state index in [9.17, 15) is 4.79 Å². The van der Waals surface area contributed by atoms with E-state index >= 15 is 0 Å². The van der Waals surface area contributed by atoms with Gasteiger partial charge in [0.15, 0.2) is 0 Å². The van der Waals surface area contributed by atoms with E-state index in [-0.39, 0.29) is 5.91 Å². The van der Waals surface area contributed by atoms with E-state index in [0.29, 0.717) is 18.5 Å². The summed E-state index contributed by atoms with van der Waals surface area (Å²) in [7, 11) is 2.09. The van der Waals surface area contributed by atoms with Crippen molar-refractivity contribution in [3.63, 3.8) is 0 Å². The van der Waals surface area contributed by atoms with Crippen LogP contribution in [0, 0.1) is 0 Å². The van der Waals surface area contributed by atoms with Crippen LogP contribution in [0.25, 0.3) is 0 Å². The maximum absolute atomic E-state index is 12.2. The summed E-state index contributed by atoms with van der Waals surface area (Å²) in [5, 5.41) is 3.22. The molecule has 128 valence electrons. The van der Waals surface area contributed by atoms with Crippen molar-refractivity contribution in [3.8, 4) is 0 Å².